The number of hydrogen-bond donors (Lipinski definition) is 1. The first-order valence-electron chi connectivity index (χ1n) is 7.15. The van der Waals surface area contributed by atoms with Gasteiger partial charge in [-0.25, -0.2) is 4.98 Å². The summed E-state index contributed by atoms with van der Waals surface area (Å²) in [5.74, 6) is 2.42. The zero-order chi connectivity index (χ0) is 13.5. The van der Waals surface area contributed by atoms with Crippen molar-refractivity contribution in [3.05, 3.63) is 12.3 Å². The van der Waals surface area contributed by atoms with E-state index in [1.165, 1.54) is 0 Å². The maximum atomic E-state index is 5.40. The summed E-state index contributed by atoms with van der Waals surface area (Å²) < 4.78 is 5.40. The number of hydrogen-bond acceptors (Lipinski definition) is 5. The van der Waals surface area contributed by atoms with Gasteiger partial charge >= 0.3 is 0 Å². The van der Waals surface area contributed by atoms with Gasteiger partial charge in [0.15, 0.2) is 0 Å². The van der Waals surface area contributed by atoms with E-state index in [2.05, 4.69) is 34.2 Å². The molecule has 2 heterocycles. The molecule has 0 aliphatic carbocycles. The molecule has 0 radical (unpaired) electrons. The van der Waals surface area contributed by atoms with E-state index in [1.54, 1.807) is 0 Å². The van der Waals surface area contributed by atoms with Crippen LogP contribution in [0.4, 0.5) is 11.8 Å². The molecule has 1 fully saturated rings. The molecule has 0 aromatic carbocycles. The number of nitrogens with one attached hydrogen (secondary N) is 1. The first kappa shape index (κ1) is 14.1. The van der Waals surface area contributed by atoms with Gasteiger partial charge in [-0.1, -0.05) is 6.92 Å². The van der Waals surface area contributed by atoms with Crippen LogP contribution in [0.15, 0.2) is 12.3 Å². The van der Waals surface area contributed by atoms with Crippen LogP contribution in [0.2, 0.25) is 0 Å². The Morgan fingerprint density at radius 3 is 2.95 bits per heavy atom. The summed E-state index contributed by atoms with van der Waals surface area (Å²) in [5.41, 5.74) is 0. The van der Waals surface area contributed by atoms with E-state index in [-0.39, 0.29) is 0 Å². The molecule has 1 aliphatic rings. The quantitative estimate of drug-likeness (QED) is 0.853. The van der Waals surface area contributed by atoms with Crippen molar-refractivity contribution in [1.82, 2.24) is 9.97 Å². The molecule has 106 valence electrons. The van der Waals surface area contributed by atoms with E-state index in [4.69, 9.17) is 4.74 Å². The highest BCUT2D eigenvalue weighted by atomic mass is 16.5. The zero-order valence-corrected chi connectivity index (χ0v) is 11.9. The van der Waals surface area contributed by atoms with Gasteiger partial charge in [-0.15, -0.1) is 0 Å². The minimum absolute atomic E-state index is 0.709. The largest absolute Gasteiger partial charge is 0.381 e. The third kappa shape index (κ3) is 4.35. The van der Waals surface area contributed by atoms with E-state index in [9.17, 15) is 0 Å². The fourth-order valence-electron chi connectivity index (χ4n) is 2.29. The summed E-state index contributed by atoms with van der Waals surface area (Å²) in [4.78, 5) is 11.0. The van der Waals surface area contributed by atoms with Crippen LogP contribution in [-0.2, 0) is 4.74 Å². The van der Waals surface area contributed by atoms with Crippen molar-refractivity contribution in [2.75, 3.05) is 43.6 Å². The van der Waals surface area contributed by atoms with Gasteiger partial charge in [0.25, 0.3) is 0 Å². The standard InChI is InChI=1S/C14H24N4O/c1-3-7-15-14-16-8-4-13(17-14)18(2)11-12-5-9-19-10-6-12/h4,8,12H,3,5-7,9-11H2,1-2H3,(H,15,16,17). The summed E-state index contributed by atoms with van der Waals surface area (Å²) in [7, 11) is 2.10. The normalized spacial score (nSPS) is 16.3. The second-order valence-electron chi connectivity index (χ2n) is 5.10. The summed E-state index contributed by atoms with van der Waals surface area (Å²) >= 11 is 0. The van der Waals surface area contributed by atoms with E-state index in [0.717, 1.165) is 57.3 Å². The van der Waals surface area contributed by atoms with Crippen molar-refractivity contribution < 1.29 is 4.74 Å². The highest BCUT2D eigenvalue weighted by molar-refractivity contribution is 5.41. The molecular weight excluding hydrogens is 240 g/mol. The van der Waals surface area contributed by atoms with E-state index >= 15 is 0 Å². The fourth-order valence-corrected chi connectivity index (χ4v) is 2.29. The number of anilines is 2. The van der Waals surface area contributed by atoms with Crippen molar-refractivity contribution >= 4 is 11.8 Å². The number of ether oxygens (including phenoxy) is 1. The fraction of sp³-hybridized carbons (Fsp3) is 0.714. The molecule has 5 nitrogen and oxygen atoms in total. The van der Waals surface area contributed by atoms with Crippen LogP contribution in [0, 0.1) is 5.92 Å². The lowest BCUT2D eigenvalue weighted by Crippen LogP contribution is -2.30. The third-order valence-electron chi connectivity index (χ3n) is 3.44. The highest BCUT2D eigenvalue weighted by Crippen LogP contribution is 2.19. The Hall–Kier alpha value is -1.36. The first-order valence-corrected chi connectivity index (χ1v) is 7.15. The number of nitrogens with zero attached hydrogens (tertiary/aromatic N) is 3. The van der Waals surface area contributed by atoms with Crippen LogP contribution < -0.4 is 10.2 Å². The molecule has 0 spiro atoms. The van der Waals surface area contributed by atoms with Crippen molar-refractivity contribution in [3.8, 4) is 0 Å². The third-order valence-corrected chi connectivity index (χ3v) is 3.44. The minimum Gasteiger partial charge on any atom is -0.381 e. The second-order valence-corrected chi connectivity index (χ2v) is 5.10. The Morgan fingerprint density at radius 2 is 2.21 bits per heavy atom. The lowest BCUT2D eigenvalue weighted by molar-refractivity contribution is 0.0685. The van der Waals surface area contributed by atoms with Gasteiger partial charge in [0, 0.05) is 39.5 Å². The summed E-state index contributed by atoms with van der Waals surface area (Å²) in [6.45, 7) is 5.87. The van der Waals surface area contributed by atoms with Gasteiger partial charge in [0.1, 0.15) is 5.82 Å². The Kier molecular flexibility index (Phi) is 5.39. The van der Waals surface area contributed by atoms with Crippen LogP contribution in [0.5, 0.6) is 0 Å². The van der Waals surface area contributed by atoms with Gasteiger partial charge in [-0.05, 0) is 31.2 Å². The smallest absolute Gasteiger partial charge is 0.224 e. The molecule has 1 aromatic rings. The predicted molar refractivity (Wildman–Crippen MR) is 77.6 cm³/mol. The first-order chi connectivity index (χ1) is 9.29. The Morgan fingerprint density at radius 1 is 1.42 bits per heavy atom. The van der Waals surface area contributed by atoms with Crippen LogP contribution in [0.1, 0.15) is 26.2 Å². The Labute approximate surface area is 115 Å². The molecule has 1 aliphatic heterocycles. The molecule has 19 heavy (non-hydrogen) atoms. The topological polar surface area (TPSA) is 50.3 Å². The van der Waals surface area contributed by atoms with E-state index < -0.39 is 0 Å². The van der Waals surface area contributed by atoms with Crippen LogP contribution in [-0.4, -0.2) is 43.3 Å². The van der Waals surface area contributed by atoms with Gasteiger partial charge in [-0.2, -0.15) is 4.98 Å². The van der Waals surface area contributed by atoms with Gasteiger partial charge in [-0.3, -0.25) is 0 Å². The average Bonchev–Trinajstić information content (AvgIpc) is 2.46. The molecule has 1 aromatic heterocycles. The van der Waals surface area contributed by atoms with E-state index in [1.807, 2.05) is 12.3 Å². The highest BCUT2D eigenvalue weighted by Gasteiger charge is 2.16. The van der Waals surface area contributed by atoms with Crippen LogP contribution >= 0.6 is 0 Å². The molecule has 0 unspecified atom stereocenters. The SMILES string of the molecule is CCCNc1nccc(N(C)CC2CCOCC2)n1. The zero-order valence-electron chi connectivity index (χ0n) is 11.9. The molecule has 0 bridgehead atoms. The van der Waals surface area contributed by atoms with Gasteiger partial charge in [0.2, 0.25) is 5.95 Å². The molecule has 1 N–H and O–H groups in total. The van der Waals surface area contributed by atoms with Gasteiger partial charge < -0.3 is 15.0 Å². The predicted octanol–water partition coefficient (Wildman–Crippen LogP) is 2.16. The van der Waals surface area contributed by atoms with Crippen molar-refractivity contribution in [2.45, 2.75) is 26.2 Å². The Balaban J connectivity index is 1.91. The second kappa shape index (κ2) is 7.28. The summed E-state index contributed by atoms with van der Waals surface area (Å²) in [6.07, 6.45) is 5.19. The summed E-state index contributed by atoms with van der Waals surface area (Å²) in [6, 6.07) is 1.97. The van der Waals surface area contributed by atoms with Crippen molar-refractivity contribution in [3.63, 3.8) is 0 Å². The number of aromatic nitrogens is 2. The van der Waals surface area contributed by atoms with Crippen LogP contribution in [0.3, 0.4) is 0 Å². The van der Waals surface area contributed by atoms with Crippen molar-refractivity contribution in [2.24, 2.45) is 5.92 Å². The monoisotopic (exact) mass is 264 g/mol. The van der Waals surface area contributed by atoms with E-state index in [0.29, 0.717) is 5.92 Å². The lowest BCUT2D eigenvalue weighted by atomic mass is 10.00. The van der Waals surface area contributed by atoms with Crippen LogP contribution in [0.25, 0.3) is 0 Å². The molecule has 0 atom stereocenters. The molecule has 0 amide bonds. The minimum atomic E-state index is 0.709. The maximum Gasteiger partial charge on any atom is 0.224 e. The van der Waals surface area contributed by atoms with Crippen molar-refractivity contribution in [1.29, 1.82) is 0 Å². The average molecular weight is 264 g/mol. The molecule has 5 heteroatoms. The van der Waals surface area contributed by atoms with Gasteiger partial charge in [0.05, 0.1) is 0 Å². The molecule has 2 rings (SSSR count). The Bertz CT molecular complexity index is 379. The lowest BCUT2D eigenvalue weighted by Gasteiger charge is -2.27. The maximum absolute atomic E-state index is 5.40. The molecular formula is C14H24N4O. The summed E-state index contributed by atoms with van der Waals surface area (Å²) in [5, 5.41) is 3.22. The molecule has 0 saturated carbocycles. The number of rotatable bonds is 6. The molecule has 1 saturated heterocycles.